The van der Waals surface area contributed by atoms with Crippen LogP contribution in [0, 0.1) is 5.92 Å². The van der Waals surface area contributed by atoms with E-state index in [4.69, 9.17) is 15.2 Å². The molecule has 2 aromatic heterocycles. The maximum atomic E-state index is 12.8. The van der Waals surface area contributed by atoms with Gasteiger partial charge in [0.1, 0.15) is 35.9 Å². The molecule has 0 radical (unpaired) electrons. The lowest BCUT2D eigenvalue weighted by atomic mass is 9.80. The highest BCUT2D eigenvalue weighted by Gasteiger charge is 2.33. The lowest BCUT2D eigenvalue weighted by Gasteiger charge is -2.36. The van der Waals surface area contributed by atoms with Crippen molar-refractivity contribution in [2.24, 2.45) is 5.92 Å². The third-order valence-electron chi connectivity index (χ3n) is 7.57. The number of hydrogen-bond donors (Lipinski definition) is 2. The molecule has 0 spiro atoms. The van der Waals surface area contributed by atoms with Crippen molar-refractivity contribution in [2.75, 3.05) is 19.4 Å². The first kappa shape index (κ1) is 26.8. The molecule has 6 rings (SSSR count). The summed E-state index contributed by atoms with van der Waals surface area (Å²) in [6.07, 6.45) is 5.20. The van der Waals surface area contributed by atoms with Crippen molar-refractivity contribution < 1.29 is 17.9 Å². The van der Waals surface area contributed by atoms with Crippen LogP contribution in [-0.2, 0) is 16.6 Å². The molecule has 0 aliphatic heterocycles. The van der Waals surface area contributed by atoms with Crippen LogP contribution in [0.3, 0.4) is 0 Å². The Balaban J connectivity index is 1.17. The van der Waals surface area contributed by atoms with Crippen LogP contribution in [0.15, 0.2) is 96.3 Å². The number of nitrogens with two attached hydrogens (primary N) is 1. The minimum Gasteiger partial charge on any atom is -0.497 e. The van der Waals surface area contributed by atoms with Crippen LogP contribution >= 0.6 is 0 Å². The van der Waals surface area contributed by atoms with E-state index in [1.165, 1.54) is 6.33 Å². The van der Waals surface area contributed by atoms with E-state index in [1.807, 2.05) is 54.6 Å². The minimum atomic E-state index is -3.60. The van der Waals surface area contributed by atoms with Gasteiger partial charge in [-0.3, -0.25) is 0 Å². The number of aromatic nitrogens is 3. The Morgan fingerprint density at radius 3 is 2.51 bits per heavy atom. The summed E-state index contributed by atoms with van der Waals surface area (Å²) in [4.78, 5) is 9.05. The van der Waals surface area contributed by atoms with Crippen LogP contribution in [0.2, 0.25) is 0 Å². The Kier molecular flexibility index (Phi) is 7.34. The highest BCUT2D eigenvalue weighted by atomic mass is 32.2. The van der Waals surface area contributed by atoms with Crippen molar-refractivity contribution >= 4 is 26.9 Å². The fourth-order valence-corrected chi connectivity index (χ4v) is 6.38. The van der Waals surface area contributed by atoms with Gasteiger partial charge >= 0.3 is 0 Å². The molecule has 5 aromatic rings. The van der Waals surface area contributed by atoms with E-state index in [0.717, 1.165) is 46.3 Å². The normalized spacial score (nSPS) is 16.8. The summed E-state index contributed by atoms with van der Waals surface area (Å²) in [7, 11) is -2.05. The number of fused-ring (bicyclic) bond motifs is 1. The Hall–Kier alpha value is -4.41. The smallest absolute Gasteiger partial charge is 0.240 e. The molecule has 2 heterocycles. The molecule has 1 aliphatic carbocycles. The van der Waals surface area contributed by atoms with Gasteiger partial charge in [0.15, 0.2) is 0 Å². The summed E-state index contributed by atoms with van der Waals surface area (Å²) >= 11 is 0. The number of rotatable bonds is 10. The second-order valence-corrected chi connectivity index (χ2v) is 12.0. The Morgan fingerprint density at radius 2 is 1.76 bits per heavy atom. The van der Waals surface area contributed by atoms with Gasteiger partial charge in [0.05, 0.1) is 17.4 Å². The Morgan fingerprint density at radius 1 is 0.976 bits per heavy atom. The van der Waals surface area contributed by atoms with E-state index in [1.54, 1.807) is 31.4 Å². The van der Waals surface area contributed by atoms with Crippen LogP contribution in [0.25, 0.3) is 22.2 Å². The molecule has 0 atom stereocenters. The average molecular weight is 570 g/mol. The van der Waals surface area contributed by atoms with Crippen molar-refractivity contribution in [3.05, 3.63) is 97.0 Å². The van der Waals surface area contributed by atoms with Gasteiger partial charge < -0.3 is 19.8 Å². The van der Waals surface area contributed by atoms with Crippen LogP contribution in [-0.4, -0.2) is 36.6 Å². The van der Waals surface area contributed by atoms with E-state index >= 15 is 0 Å². The van der Waals surface area contributed by atoms with Crippen LogP contribution in [0.4, 0.5) is 5.82 Å². The Labute approximate surface area is 239 Å². The summed E-state index contributed by atoms with van der Waals surface area (Å²) in [5, 5.41) is 0.802. The van der Waals surface area contributed by atoms with Gasteiger partial charge in [-0.2, -0.15) is 0 Å². The first-order valence-corrected chi connectivity index (χ1v) is 14.9. The van der Waals surface area contributed by atoms with Crippen molar-refractivity contribution in [1.29, 1.82) is 0 Å². The fraction of sp³-hybridized carbons (Fsp3) is 0.226. The number of benzene rings is 3. The van der Waals surface area contributed by atoms with Crippen LogP contribution in [0.5, 0.6) is 11.5 Å². The number of ether oxygens (including phenoxy) is 2. The SMILES string of the molecule is COc1ccc(S(=O)(=O)NC[C@H]2C[C@H](n3cc(-c4cccc(OCc5ccccc5)c4)c4c(N)ncnc43)C2)cc1. The molecule has 9 nitrogen and oxygen atoms in total. The second kappa shape index (κ2) is 11.2. The lowest BCUT2D eigenvalue weighted by molar-refractivity contribution is 0.204. The zero-order valence-electron chi connectivity index (χ0n) is 22.6. The van der Waals surface area contributed by atoms with Crippen molar-refractivity contribution in [3.8, 4) is 22.6 Å². The van der Waals surface area contributed by atoms with E-state index < -0.39 is 10.0 Å². The van der Waals surface area contributed by atoms with Gasteiger partial charge in [0.25, 0.3) is 0 Å². The van der Waals surface area contributed by atoms with E-state index in [0.29, 0.717) is 24.7 Å². The average Bonchev–Trinajstić information content (AvgIpc) is 3.36. The van der Waals surface area contributed by atoms with Crippen LogP contribution < -0.4 is 19.9 Å². The third kappa shape index (κ3) is 5.61. The summed E-state index contributed by atoms with van der Waals surface area (Å²) in [5.41, 5.74) is 10.1. The molecule has 1 aliphatic rings. The standard InChI is InChI=1S/C31H31N5O4S/c1-39-25-10-12-27(13-11-25)41(37,38)35-17-22-14-24(15-22)36-18-28(29-30(32)33-20-34-31(29)36)23-8-5-9-26(16-23)40-19-21-6-3-2-4-7-21/h2-13,16,18,20,22,24,35H,14-15,17,19H2,1H3,(H2,32,33,34)/t22-,24-. The molecule has 1 fully saturated rings. The van der Waals surface area contributed by atoms with Crippen LogP contribution in [0.1, 0.15) is 24.4 Å². The number of nitrogen functional groups attached to an aromatic ring is 1. The van der Waals surface area contributed by atoms with E-state index in [9.17, 15) is 8.42 Å². The topological polar surface area (TPSA) is 121 Å². The fourth-order valence-electron chi connectivity index (χ4n) is 5.26. The monoisotopic (exact) mass is 569 g/mol. The first-order valence-electron chi connectivity index (χ1n) is 13.4. The maximum absolute atomic E-state index is 12.8. The van der Waals surface area contributed by atoms with Gasteiger partial charge in [0, 0.05) is 24.3 Å². The van der Waals surface area contributed by atoms with Gasteiger partial charge in [0.2, 0.25) is 10.0 Å². The molecular weight excluding hydrogens is 538 g/mol. The summed E-state index contributed by atoms with van der Waals surface area (Å²) in [6.45, 7) is 0.845. The number of nitrogens with zero attached hydrogens (tertiary/aromatic N) is 3. The minimum absolute atomic E-state index is 0.175. The molecule has 0 amide bonds. The lowest BCUT2D eigenvalue weighted by Crippen LogP contribution is -2.37. The first-order chi connectivity index (χ1) is 19.9. The molecule has 0 bridgehead atoms. The number of hydrogen-bond acceptors (Lipinski definition) is 7. The molecule has 10 heteroatoms. The summed E-state index contributed by atoms with van der Waals surface area (Å²) in [5.74, 6) is 2.00. The van der Waals surface area contributed by atoms with E-state index in [-0.39, 0.29) is 16.9 Å². The highest BCUT2D eigenvalue weighted by Crippen LogP contribution is 2.43. The number of sulfonamides is 1. The molecular formula is C31H31N5O4S. The molecule has 3 N–H and O–H groups in total. The van der Waals surface area contributed by atoms with Gasteiger partial charge in [-0.05, 0) is 66.3 Å². The predicted octanol–water partition coefficient (Wildman–Crippen LogP) is 5.20. The summed E-state index contributed by atoms with van der Waals surface area (Å²) < 4.78 is 41.6. The highest BCUT2D eigenvalue weighted by molar-refractivity contribution is 7.89. The van der Waals surface area contributed by atoms with Crippen molar-refractivity contribution in [2.45, 2.75) is 30.4 Å². The molecule has 210 valence electrons. The van der Waals surface area contributed by atoms with Crippen molar-refractivity contribution in [1.82, 2.24) is 19.3 Å². The summed E-state index contributed by atoms with van der Waals surface area (Å²) in [6, 6.07) is 24.5. The number of nitrogens with one attached hydrogen (secondary N) is 1. The maximum Gasteiger partial charge on any atom is 0.240 e. The quantitative estimate of drug-likeness (QED) is 0.237. The van der Waals surface area contributed by atoms with Crippen molar-refractivity contribution in [3.63, 3.8) is 0 Å². The Bertz CT molecular complexity index is 1770. The molecule has 1 saturated carbocycles. The zero-order valence-corrected chi connectivity index (χ0v) is 23.4. The second-order valence-electron chi connectivity index (χ2n) is 10.2. The van der Waals surface area contributed by atoms with E-state index in [2.05, 4.69) is 25.5 Å². The third-order valence-corrected chi connectivity index (χ3v) is 9.01. The molecule has 41 heavy (non-hydrogen) atoms. The zero-order chi connectivity index (χ0) is 28.4. The predicted molar refractivity (Wildman–Crippen MR) is 158 cm³/mol. The largest absolute Gasteiger partial charge is 0.497 e. The molecule has 3 aromatic carbocycles. The molecule has 0 unspecified atom stereocenters. The van der Waals surface area contributed by atoms with Gasteiger partial charge in [-0.25, -0.2) is 23.1 Å². The van der Waals surface area contributed by atoms with Gasteiger partial charge in [-0.1, -0.05) is 42.5 Å². The number of anilines is 1. The number of methoxy groups -OCH3 is 1. The van der Waals surface area contributed by atoms with Gasteiger partial charge in [-0.15, -0.1) is 0 Å². The molecule has 0 saturated heterocycles.